The molecule has 0 saturated carbocycles. The summed E-state index contributed by atoms with van der Waals surface area (Å²) in [6.45, 7) is 1.97. The van der Waals surface area contributed by atoms with Gasteiger partial charge in [0.15, 0.2) is 6.29 Å². The molecule has 0 saturated heterocycles. The first kappa shape index (κ1) is 8.43. The number of thiophene rings is 1. The summed E-state index contributed by atoms with van der Waals surface area (Å²) in [6, 6.07) is 1.98. The lowest BCUT2D eigenvalue weighted by atomic mass is 10.2. The summed E-state index contributed by atoms with van der Waals surface area (Å²) in [7, 11) is 1.54. The molecule has 0 aliphatic heterocycles. The van der Waals surface area contributed by atoms with Crippen LogP contribution in [0.5, 0.6) is 0 Å². The van der Waals surface area contributed by atoms with Crippen LogP contribution in [0.2, 0.25) is 0 Å². The molecule has 0 fully saturated rings. The lowest BCUT2D eigenvalue weighted by Crippen LogP contribution is -2.01. The van der Waals surface area contributed by atoms with Crippen molar-refractivity contribution in [2.24, 2.45) is 0 Å². The molecule has 0 aromatic carbocycles. The number of rotatable bonds is 3. The molecule has 1 heterocycles. The summed E-state index contributed by atoms with van der Waals surface area (Å²) in [5.41, 5.74) is 1.12. The second-order valence-corrected chi connectivity index (χ2v) is 3.21. The number of carbonyl (C=O) groups excluding carboxylic acids is 1. The van der Waals surface area contributed by atoms with Gasteiger partial charge in [-0.15, -0.1) is 11.3 Å². The molecule has 0 N–H and O–H groups in total. The first-order valence-electron chi connectivity index (χ1n) is 3.31. The summed E-state index contributed by atoms with van der Waals surface area (Å²) in [4.78, 5) is 11.5. The molecular weight excluding hydrogens is 160 g/mol. The van der Waals surface area contributed by atoms with E-state index in [2.05, 4.69) is 0 Å². The highest BCUT2D eigenvalue weighted by molar-refractivity contribution is 7.10. The summed E-state index contributed by atoms with van der Waals surface area (Å²) < 4.78 is 4.97. The maximum Gasteiger partial charge on any atom is 0.154 e. The summed E-state index contributed by atoms with van der Waals surface area (Å²) in [6.07, 6.45) is 0.439. The lowest BCUT2D eigenvalue weighted by Gasteiger charge is -2.05. The zero-order chi connectivity index (χ0) is 8.27. The fourth-order valence-electron chi connectivity index (χ4n) is 0.900. The van der Waals surface area contributed by atoms with Gasteiger partial charge < -0.3 is 9.53 Å². The van der Waals surface area contributed by atoms with Gasteiger partial charge in [0.2, 0.25) is 0 Å². The molecule has 3 heteroatoms. The van der Waals surface area contributed by atoms with Gasteiger partial charge in [-0.3, -0.25) is 0 Å². The normalized spacial score (nSPS) is 12.9. The number of aryl methyl sites for hydroxylation is 1. The molecule has 0 spiro atoms. The zero-order valence-electron chi connectivity index (χ0n) is 6.53. The molecule has 1 rings (SSSR count). The van der Waals surface area contributed by atoms with E-state index in [0.717, 1.165) is 16.7 Å². The highest BCUT2D eigenvalue weighted by Gasteiger charge is 2.11. The predicted molar refractivity (Wildman–Crippen MR) is 44.9 cm³/mol. The molecule has 1 atom stereocenters. The second-order valence-electron chi connectivity index (χ2n) is 2.26. The van der Waals surface area contributed by atoms with E-state index in [-0.39, 0.29) is 6.10 Å². The van der Waals surface area contributed by atoms with Gasteiger partial charge in [-0.1, -0.05) is 0 Å². The molecule has 60 valence electrons. The number of ether oxygens (including phenoxy) is 1. The van der Waals surface area contributed by atoms with Gasteiger partial charge in [-0.2, -0.15) is 0 Å². The Bertz CT molecular complexity index is 242. The van der Waals surface area contributed by atoms with Crippen molar-refractivity contribution in [3.63, 3.8) is 0 Å². The molecule has 1 aromatic rings. The van der Waals surface area contributed by atoms with Crippen molar-refractivity contribution in [3.8, 4) is 0 Å². The van der Waals surface area contributed by atoms with Gasteiger partial charge >= 0.3 is 0 Å². The third kappa shape index (κ3) is 1.67. The topological polar surface area (TPSA) is 26.3 Å². The van der Waals surface area contributed by atoms with Crippen LogP contribution >= 0.6 is 11.3 Å². The van der Waals surface area contributed by atoms with Gasteiger partial charge in [-0.05, 0) is 23.9 Å². The van der Waals surface area contributed by atoms with Crippen LogP contribution in [0.15, 0.2) is 11.4 Å². The average Bonchev–Trinajstić information content (AvgIpc) is 2.40. The maximum atomic E-state index is 10.5. The minimum absolute atomic E-state index is 0.380. The first-order valence-corrected chi connectivity index (χ1v) is 4.19. The Hall–Kier alpha value is -0.670. The van der Waals surface area contributed by atoms with Gasteiger partial charge in [-0.25, -0.2) is 0 Å². The van der Waals surface area contributed by atoms with Crippen molar-refractivity contribution in [1.82, 2.24) is 0 Å². The number of hydrogen-bond donors (Lipinski definition) is 0. The fraction of sp³-hybridized carbons (Fsp3) is 0.375. The predicted octanol–water partition coefficient (Wildman–Crippen LogP) is 1.94. The molecule has 2 nitrogen and oxygen atoms in total. The van der Waals surface area contributed by atoms with E-state index in [1.807, 2.05) is 18.4 Å². The van der Waals surface area contributed by atoms with E-state index in [4.69, 9.17) is 4.74 Å². The molecular formula is C8H10O2S. The Morgan fingerprint density at radius 1 is 1.73 bits per heavy atom. The molecule has 0 aliphatic carbocycles. The molecule has 1 unspecified atom stereocenters. The summed E-state index contributed by atoms with van der Waals surface area (Å²) in [5, 5.41) is 1.96. The van der Waals surface area contributed by atoms with Crippen LogP contribution < -0.4 is 0 Å². The summed E-state index contributed by atoms with van der Waals surface area (Å²) >= 11 is 1.55. The van der Waals surface area contributed by atoms with Gasteiger partial charge in [0.25, 0.3) is 0 Å². The van der Waals surface area contributed by atoms with Crippen LogP contribution in [0.3, 0.4) is 0 Å². The average molecular weight is 170 g/mol. The Morgan fingerprint density at radius 3 is 2.82 bits per heavy atom. The highest BCUT2D eigenvalue weighted by atomic mass is 32.1. The zero-order valence-corrected chi connectivity index (χ0v) is 7.35. The molecule has 1 aromatic heterocycles. The van der Waals surface area contributed by atoms with Crippen molar-refractivity contribution in [2.45, 2.75) is 13.0 Å². The van der Waals surface area contributed by atoms with Crippen LogP contribution in [-0.2, 0) is 9.53 Å². The van der Waals surface area contributed by atoms with Crippen LogP contribution in [-0.4, -0.2) is 13.4 Å². The van der Waals surface area contributed by atoms with Crippen LogP contribution in [0.25, 0.3) is 0 Å². The molecule has 0 aliphatic rings. The second kappa shape index (κ2) is 3.64. The van der Waals surface area contributed by atoms with E-state index >= 15 is 0 Å². The van der Waals surface area contributed by atoms with Crippen LogP contribution in [0, 0.1) is 6.92 Å². The van der Waals surface area contributed by atoms with Crippen LogP contribution in [0.4, 0.5) is 0 Å². The van der Waals surface area contributed by atoms with E-state index in [1.165, 1.54) is 7.11 Å². The van der Waals surface area contributed by atoms with Crippen LogP contribution in [0.1, 0.15) is 16.5 Å². The lowest BCUT2D eigenvalue weighted by molar-refractivity contribution is -0.116. The Balaban J connectivity index is 2.89. The van der Waals surface area contributed by atoms with Crippen molar-refractivity contribution >= 4 is 17.6 Å². The Morgan fingerprint density at radius 2 is 2.45 bits per heavy atom. The van der Waals surface area contributed by atoms with E-state index in [9.17, 15) is 4.79 Å². The minimum Gasteiger partial charge on any atom is -0.368 e. The smallest absolute Gasteiger partial charge is 0.154 e. The first-order chi connectivity index (χ1) is 5.29. The SMILES string of the molecule is COC(C=O)c1sccc1C. The van der Waals surface area contributed by atoms with Crippen molar-refractivity contribution in [1.29, 1.82) is 0 Å². The number of methoxy groups -OCH3 is 1. The third-order valence-electron chi connectivity index (χ3n) is 1.54. The van der Waals surface area contributed by atoms with Crippen molar-refractivity contribution < 1.29 is 9.53 Å². The monoisotopic (exact) mass is 170 g/mol. The van der Waals surface area contributed by atoms with Gasteiger partial charge in [0.1, 0.15) is 6.10 Å². The molecule has 11 heavy (non-hydrogen) atoms. The van der Waals surface area contributed by atoms with Crippen molar-refractivity contribution in [2.75, 3.05) is 7.11 Å². The maximum absolute atomic E-state index is 10.5. The molecule has 0 bridgehead atoms. The molecule has 0 amide bonds. The van der Waals surface area contributed by atoms with E-state index in [0.29, 0.717) is 0 Å². The minimum atomic E-state index is -0.380. The molecule has 0 radical (unpaired) electrons. The van der Waals surface area contributed by atoms with Crippen molar-refractivity contribution in [3.05, 3.63) is 21.9 Å². The Kier molecular flexibility index (Phi) is 2.79. The summed E-state index contributed by atoms with van der Waals surface area (Å²) in [5.74, 6) is 0. The van der Waals surface area contributed by atoms with E-state index in [1.54, 1.807) is 11.3 Å². The Labute approximate surface area is 69.8 Å². The number of aldehydes is 1. The highest BCUT2D eigenvalue weighted by Crippen LogP contribution is 2.24. The van der Waals surface area contributed by atoms with E-state index < -0.39 is 0 Å². The standard InChI is InChI=1S/C8H10O2S/c1-6-3-4-11-8(6)7(5-9)10-2/h3-5,7H,1-2H3. The largest absolute Gasteiger partial charge is 0.368 e. The number of hydrogen-bond acceptors (Lipinski definition) is 3. The third-order valence-corrected chi connectivity index (χ3v) is 2.62. The number of carbonyl (C=O) groups is 1. The van der Waals surface area contributed by atoms with Gasteiger partial charge in [0, 0.05) is 12.0 Å². The van der Waals surface area contributed by atoms with Gasteiger partial charge in [0.05, 0.1) is 0 Å². The fourth-order valence-corrected chi connectivity index (χ4v) is 1.86. The quantitative estimate of drug-likeness (QED) is 0.648.